The van der Waals surface area contributed by atoms with Gasteiger partial charge in [-0.1, -0.05) is 42.0 Å². The Bertz CT molecular complexity index is 597. The van der Waals surface area contributed by atoms with Crippen molar-refractivity contribution in [3.8, 4) is 5.75 Å². The van der Waals surface area contributed by atoms with Crippen molar-refractivity contribution < 1.29 is 4.74 Å². The van der Waals surface area contributed by atoms with E-state index in [-0.39, 0.29) is 24.0 Å². The Hall–Kier alpha value is -1.76. The van der Waals surface area contributed by atoms with Gasteiger partial charge < -0.3 is 15.8 Å². The molecule has 5 heteroatoms. The molecular weight excluding hydrogens is 377 g/mol. The Balaban J connectivity index is 0.00000220. The lowest BCUT2D eigenvalue weighted by Crippen LogP contribution is -2.22. The molecule has 0 aliphatic rings. The number of halogens is 1. The third-order valence-corrected chi connectivity index (χ3v) is 2.92. The third kappa shape index (κ3) is 5.26. The summed E-state index contributed by atoms with van der Waals surface area (Å²) in [7, 11) is 1.63. The first-order valence-electron chi connectivity index (χ1n) is 6.44. The molecule has 0 aromatic heterocycles. The zero-order valence-corrected chi connectivity index (χ0v) is 14.5. The van der Waals surface area contributed by atoms with Gasteiger partial charge in [-0.25, -0.2) is 4.99 Å². The second-order valence-corrected chi connectivity index (χ2v) is 4.51. The number of methoxy groups -OCH3 is 1. The molecule has 0 amide bonds. The van der Waals surface area contributed by atoms with Crippen LogP contribution in [0.15, 0.2) is 53.5 Å². The molecule has 0 heterocycles. The van der Waals surface area contributed by atoms with Crippen molar-refractivity contribution in [1.29, 1.82) is 0 Å². The van der Waals surface area contributed by atoms with E-state index < -0.39 is 0 Å². The number of rotatable bonds is 4. The smallest absolute Gasteiger partial charge is 0.193 e. The number of hydrogen-bond acceptors (Lipinski definition) is 2. The summed E-state index contributed by atoms with van der Waals surface area (Å²) in [5, 5.41) is 3.05. The van der Waals surface area contributed by atoms with E-state index in [2.05, 4.69) is 41.5 Å². The Morgan fingerprint density at radius 2 is 1.81 bits per heavy atom. The van der Waals surface area contributed by atoms with Gasteiger partial charge >= 0.3 is 0 Å². The van der Waals surface area contributed by atoms with E-state index in [1.165, 1.54) is 5.56 Å². The van der Waals surface area contributed by atoms with Crippen molar-refractivity contribution in [2.75, 3.05) is 12.4 Å². The molecule has 112 valence electrons. The van der Waals surface area contributed by atoms with Crippen LogP contribution in [0.1, 0.15) is 11.1 Å². The highest BCUT2D eigenvalue weighted by Gasteiger charge is 2.02. The Labute approximate surface area is 142 Å². The fraction of sp³-hybridized carbons (Fsp3) is 0.188. The van der Waals surface area contributed by atoms with E-state index in [1.54, 1.807) is 7.11 Å². The van der Waals surface area contributed by atoms with Gasteiger partial charge in [0.15, 0.2) is 5.96 Å². The third-order valence-electron chi connectivity index (χ3n) is 2.92. The number of para-hydroxylation sites is 2. The molecule has 0 spiro atoms. The minimum absolute atomic E-state index is 0. The number of nitrogens with two attached hydrogens (primary N) is 1. The average Bonchev–Trinajstić information content (AvgIpc) is 2.47. The quantitative estimate of drug-likeness (QED) is 0.471. The Morgan fingerprint density at radius 1 is 1.14 bits per heavy atom. The summed E-state index contributed by atoms with van der Waals surface area (Å²) in [4.78, 5) is 4.32. The van der Waals surface area contributed by atoms with Crippen molar-refractivity contribution in [3.05, 3.63) is 59.7 Å². The highest BCUT2D eigenvalue weighted by molar-refractivity contribution is 14.0. The lowest BCUT2D eigenvalue weighted by Gasteiger charge is -2.10. The largest absolute Gasteiger partial charge is 0.495 e. The maximum absolute atomic E-state index is 5.89. The first-order chi connectivity index (χ1) is 9.69. The molecule has 0 bridgehead atoms. The summed E-state index contributed by atoms with van der Waals surface area (Å²) in [6.45, 7) is 2.61. The van der Waals surface area contributed by atoms with Crippen molar-refractivity contribution in [2.45, 2.75) is 13.5 Å². The predicted molar refractivity (Wildman–Crippen MR) is 98.5 cm³/mol. The molecule has 2 rings (SSSR count). The van der Waals surface area contributed by atoms with Crippen LogP contribution in [-0.2, 0) is 6.54 Å². The minimum Gasteiger partial charge on any atom is -0.495 e. The highest BCUT2D eigenvalue weighted by Crippen LogP contribution is 2.22. The van der Waals surface area contributed by atoms with E-state index in [0.717, 1.165) is 17.0 Å². The molecular formula is C16H20IN3O. The summed E-state index contributed by atoms with van der Waals surface area (Å²) >= 11 is 0. The summed E-state index contributed by atoms with van der Waals surface area (Å²) in [6, 6.07) is 15.8. The maximum Gasteiger partial charge on any atom is 0.193 e. The lowest BCUT2D eigenvalue weighted by molar-refractivity contribution is 0.417. The van der Waals surface area contributed by atoms with Crippen LogP contribution in [0.5, 0.6) is 5.75 Å². The first kappa shape index (κ1) is 17.3. The number of guanidine groups is 1. The zero-order valence-electron chi connectivity index (χ0n) is 12.2. The topological polar surface area (TPSA) is 59.6 Å². The van der Waals surface area contributed by atoms with Gasteiger partial charge in [0.1, 0.15) is 5.75 Å². The van der Waals surface area contributed by atoms with Gasteiger partial charge in [-0.2, -0.15) is 0 Å². The van der Waals surface area contributed by atoms with Gasteiger partial charge in [0.05, 0.1) is 19.3 Å². The molecule has 2 aromatic carbocycles. The van der Waals surface area contributed by atoms with Crippen LogP contribution in [0, 0.1) is 6.92 Å². The number of hydrogen-bond donors (Lipinski definition) is 2. The normalized spacial score (nSPS) is 10.7. The zero-order chi connectivity index (χ0) is 14.4. The first-order valence-corrected chi connectivity index (χ1v) is 6.44. The average molecular weight is 397 g/mol. The second-order valence-electron chi connectivity index (χ2n) is 4.51. The van der Waals surface area contributed by atoms with Crippen LogP contribution in [0.4, 0.5) is 5.69 Å². The van der Waals surface area contributed by atoms with Crippen LogP contribution in [0.3, 0.4) is 0 Å². The number of anilines is 1. The van der Waals surface area contributed by atoms with E-state index in [9.17, 15) is 0 Å². The van der Waals surface area contributed by atoms with Crippen LogP contribution >= 0.6 is 24.0 Å². The van der Waals surface area contributed by atoms with E-state index in [4.69, 9.17) is 10.5 Å². The molecule has 3 N–H and O–H groups in total. The second kappa shape index (κ2) is 8.51. The monoisotopic (exact) mass is 397 g/mol. The fourth-order valence-electron chi connectivity index (χ4n) is 1.80. The molecule has 0 unspecified atom stereocenters. The van der Waals surface area contributed by atoms with Crippen molar-refractivity contribution in [2.24, 2.45) is 10.7 Å². The maximum atomic E-state index is 5.89. The van der Waals surface area contributed by atoms with E-state index in [1.807, 2.05) is 24.3 Å². The number of nitrogens with zero attached hydrogens (tertiary/aromatic N) is 1. The van der Waals surface area contributed by atoms with Gasteiger partial charge in [-0.3, -0.25) is 0 Å². The fourth-order valence-corrected chi connectivity index (χ4v) is 1.80. The van der Waals surface area contributed by atoms with Crippen LogP contribution < -0.4 is 15.8 Å². The predicted octanol–water partition coefficient (Wildman–Crippen LogP) is 3.55. The van der Waals surface area contributed by atoms with Crippen LogP contribution in [-0.4, -0.2) is 13.1 Å². The number of ether oxygens (including phenoxy) is 1. The Morgan fingerprint density at radius 3 is 2.48 bits per heavy atom. The molecule has 2 aromatic rings. The van der Waals surface area contributed by atoms with Gasteiger partial charge in [0.25, 0.3) is 0 Å². The van der Waals surface area contributed by atoms with Gasteiger partial charge in [-0.05, 0) is 24.6 Å². The molecule has 0 atom stereocenters. The van der Waals surface area contributed by atoms with Crippen molar-refractivity contribution >= 4 is 35.6 Å². The van der Waals surface area contributed by atoms with Crippen LogP contribution in [0.25, 0.3) is 0 Å². The van der Waals surface area contributed by atoms with E-state index >= 15 is 0 Å². The molecule has 0 aliphatic heterocycles. The number of nitrogens with one attached hydrogen (secondary N) is 1. The molecule has 0 aliphatic carbocycles. The number of aliphatic imine (C=N–C) groups is 1. The molecule has 0 saturated heterocycles. The molecule has 4 nitrogen and oxygen atoms in total. The van der Waals surface area contributed by atoms with Gasteiger partial charge in [0.2, 0.25) is 0 Å². The Kier molecular flexibility index (Phi) is 7.01. The summed E-state index contributed by atoms with van der Waals surface area (Å²) in [5.74, 6) is 1.11. The standard InChI is InChI=1S/C16H19N3O.HI/c1-12-7-9-13(10-8-12)11-18-16(17)19-14-5-3-4-6-15(14)20-2;/h3-10H,11H2,1-2H3,(H3,17,18,19);1H. The lowest BCUT2D eigenvalue weighted by atomic mass is 10.1. The molecule has 0 fully saturated rings. The highest BCUT2D eigenvalue weighted by atomic mass is 127. The van der Waals surface area contributed by atoms with Crippen LogP contribution in [0.2, 0.25) is 0 Å². The van der Waals surface area contributed by atoms with Gasteiger partial charge in [-0.15, -0.1) is 24.0 Å². The number of aryl methyl sites for hydroxylation is 1. The van der Waals surface area contributed by atoms with Crippen molar-refractivity contribution in [1.82, 2.24) is 0 Å². The minimum atomic E-state index is 0. The SMILES string of the molecule is COc1ccccc1NC(N)=NCc1ccc(C)cc1.I. The summed E-state index contributed by atoms with van der Waals surface area (Å²) in [6.07, 6.45) is 0. The molecule has 0 saturated carbocycles. The van der Waals surface area contributed by atoms with Crippen molar-refractivity contribution in [3.63, 3.8) is 0 Å². The molecule has 21 heavy (non-hydrogen) atoms. The molecule has 0 radical (unpaired) electrons. The number of benzene rings is 2. The van der Waals surface area contributed by atoms with Gasteiger partial charge in [0, 0.05) is 0 Å². The summed E-state index contributed by atoms with van der Waals surface area (Å²) < 4.78 is 5.25. The van der Waals surface area contributed by atoms with E-state index in [0.29, 0.717) is 12.5 Å². The summed E-state index contributed by atoms with van der Waals surface area (Å²) in [5.41, 5.74) is 9.06.